The molecule has 0 aliphatic heterocycles. The summed E-state index contributed by atoms with van der Waals surface area (Å²) in [5.41, 5.74) is 1.65. The third-order valence-corrected chi connectivity index (χ3v) is 2.76. The zero-order chi connectivity index (χ0) is 14.4. The number of benzene rings is 1. The number of carbonyl (C=O) groups excluding carboxylic acids is 1. The van der Waals surface area contributed by atoms with Gasteiger partial charge in [0.15, 0.2) is 5.78 Å². The van der Waals surface area contributed by atoms with E-state index in [0.717, 1.165) is 0 Å². The predicted octanol–water partition coefficient (Wildman–Crippen LogP) is 1.20. The number of likely N-dealkylation sites (N-methyl/N-ethyl adjacent to an activating group) is 1. The first-order valence-electron chi connectivity index (χ1n) is 5.92. The molecular formula is C14H18N2O3. The molecule has 5 heteroatoms. The first kappa shape index (κ1) is 15.2. The van der Waals surface area contributed by atoms with Crippen molar-refractivity contribution in [3.63, 3.8) is 0 Å². The van der Waals surface area contributed by atoms with Gasteiger partial charge in [-0.05, 0) is 25.1 Å². The summed E-state index contributed by atoms with van der Waals surface area (Å²) >= 11 is 0. The quantitative estimate of drug-likeness (QED) is 0.780. The van der Waals surface area contributed by atoms with Crippen molar-refractivity contribution in [3.8, 4) is 6.07 Å². The number of ether oxygens (including phenoxy) is 1. The summed E-state index contributed by atoms with van der Waals surface area (Å²) < 4.78 is 4.87. The summed E-state index contributed by atoms with van der Waals surface area (Å²) in [4.78, 5) is 13.3. The van der Waals surface area contributed by atoms with Crippen molar-refractivity contribution in [1.82, 2.24) is 0 Å². The zero-order valence-electron chi connectivity index (χ0n) is 11.4. The van der Waals surface area contributed by atoms with E-state index in [2.05, 4.69) is 0 Å². The molecule has 0 spiro atoms. The number of anilines is 1. The lowest BCUT2D eigenvalue weighted by molar-refractivity contribution is 0.0694. The van der Waals surface area contributed by atoms with E-state index < -0.39 is 6.10 Å². The van der Waals surface area contributed by atoms with Crippen LogP contribution in [0.3, 0.4) is 0 Å². The molecule has 1 N–H and O–H groups in total. The van der Waals surface area contributed by atoms with Gasteiger partial charge in [0.05, 0.1) is 24.3 Å². The van der Waals surface area contributed by atoms with E-state index >= 15 is 0 Å². The van der Waals surface area contributed by atoms with Crippen molar-refractivity contribution >= 4 is 11.5 Å². The van der Waals surface area contributed by atoms with Gasteiger partial charge in [-0.1, -0.05) is 0 Å². The molecule has 5 nitrogen and oxygen atoms in total. The maximum Gasteiger partial charge on any atom is 0.161 e. The van der Waals surface area contributed by atoms with Gasteiger partial charge >= 0.3 is 0 Å². The molecule has 0 aliphatic rings. The van der Waals surface area contributed by atoms with Gasteiger partial charge in [0.1, 0.15) is 0 Å². The van der Waals surface area contributed by atoms with Crippen LogP contribution in [0.5, 0.6) is 0 Å². The lowest BCUT2D eigenvalue weighted by Crippen LogP contribution is -2.32. The molecule has 1 aromatic rings. The van der Waals surface area contributed by atoms with Crippen LogP contribution >= 0.6 is 0 Å². The van der Waals surface area contributed by atoms with E-state index in [9.17, 15) is 9.90 Å². The highest BCUT2D eigenvalue weighted by atomic mass is 16.5. The summed E-state index contributed by atoms with van der Waals surface area (Å²) in [7, 11) is 3.28. The topological polar surface area (TPSA) is 73.6 Å². The van der Waals surface area contributed by atoms with Crippen molar-refractivity contribution in [3.05, 3.63) is 29.3 Å². The van der Waals surface area contributed by atoms with Crippen LogP contribution < -0.4 is 4.90 Å². The van der Waals surface area contributed by atoms with Crippen LogP contribution in [0.25, 0.3) is 0 Å². The molecule has 0 bridgehead atoms. The molecule has 1 rings (SSSR count). The van der Waals surface area contributed by atoms with E-state index in [-0.39, 0.29) is 12.4 Å². The van der Waals surface area contributed by atoms with Gasteiger partial charge in [0.25, 0.3) is 0 Å². The van der Waals surface area contributed by atoms with Crippen LogP contribution in [-0.2, 0) is 4.74 Å². The van der Waals surface area contributed by atoms with E-state index in [0.29, 0.717) is 23.4 Å². The molecule has 0 saturated carbocycles. The summed E-state index contributed by atoms with van der Waals surface area (Å²) in [6, 6.07) is 6.94. The lowest BCUT2D eigenvalue weighted by atomic mass is 10.1. The third kappa shape index (κ3) is 4.05. The summed E-state index contributed by atoms with van der Waals surface area (Å²) in [5.74, 6) is -0.0763. The Balaban J connectivity index is 3.02. The van der Waals surface area contributed by atoms with E-state index in [1.165, 1.54) is 14.0 Å². The second kappa shape index (κ2) is 6.88. The molecule has 0 radical (unpaired) electrons. The average molecular weight is 262 g/mol. The van der Waals surface area contributed by atoms with Crippen molar-refractivity contribution in [2.45, 2.75) is 13.0 Å². The molecule has 0 aromatic heterocycles. The van der Waals surface area contributed by atoms with Gasteiger partial charge in [0.2, 0.25) is 0 Å². The van der Waals surface area contributed by atoms with Crippen LogP contribution in [0.15, 0.2) is 18.2 Å². The van der Waals surface area contributed by atoms with Gasteiger partial charge in [-0.3, -0.25) is 4.79 Å². The number of aliphatic hydroxyl groups excluding tert-OH is 1. The zero-order valence-corrected chi connectivity index (χ0v) is 11.4. The number of hydrogen-bond donors (Lipinski definition) is 1. The first-order chi connectivity index (χ1) is 8.99. The van der Waals surface area contributed by atoms with Gasteiger partial charge < -0.3 is 14.7 Å². The van der Waals surface area contributed by atoms with Crippen molar-refractivity contribution in [2.75, 3.05) is 32.2 Å². The molecule has 1 atom stereocenters. The molecule has 0 aliphatic carbocycles. The van der Waals surface area contributed by atoms with Crippen molar-refractivity contribution < 1.29 is 14.6 Å². The van der Waals surface area contributed by atoms with Gasteiger partial charge in [-0.15, -0.1) is 0 Å². The lowest BCUT2D eigenvalue weighted by Gasteiger charge is -2.24. The first-order valence-corrected chi connectivity index (χ1v) is 5.92. The smallest absolute Gasteiger partial charge is 0.161 e. The van der Waals surface area contributed by atoms with E-state index in [1.807, 2.05) is 6.07 Å². The maximum absolute atomic E-state index is 11.6. The number of rotatable bonds is 6. The fraction of sp³-hybridized carbons (Fsp3) is 0.429. The molecule has 19 heavy (non-hydrogen) atoms. The Morgan fingerprint density at radius 1 is 1.58 bits per heavy atom. The molecule has 0 heterocycles. The monoisotopic (exact) mass is 262 g/mol. The third-order valence-electron chi connectivity index (χ3n) is 2.76. The Hall–Kier alpha value is -1.90. The molecular weight excluding hydrogens is 244 g/mol. The van der Waals surface area contributed by atoms with Gasteiger partial charge in [-0.2, -0.15) is 5.26 Å². The molecule has 1 aromatic carbocycles. The summed E-state index contributed by atoms with van der Waals surface area (Å²) in [6.07, 6.45) is -0.652. The van der Waals surface area contributed by atoms with E-state index in [4.69, 9.17) is 10.00 Å². The number of carbonyl (C=O) groups is 1. The number of nitriles is 1. The SMILES string of the molecule is COCC(O)CN(C)c1cc(C#N)ccc1C(C)=O. The highest BCUT2D eigenvalue weighted by Gasteiger charge is 2.15. The number of hydrogen-bond acceptors (Lipinski definition) is 5. The number of aliphatic hydroxyl groups is 1. The van der Waals surface area contributed by atoms with Crippen molar-refractivity contribution in [1.29, 1.82) is 5.26 Å². The Kier molecular flexibility index (Phi) is 5.49. The largest absolute Gasteiger partial charge is 0.389 e. The van der Waals surface area contributed by atoms with Crippen molar-refractivity contribution in [2.24, 2.45) is 0 Å². The van der Waals surface area contributed by atoms with Crippen LogP contribution in [0, 0.1) is 11.3 Å². The van der Waals surface area contributed by atoms with Crippen LogP contribution in [-0.4, -0.2) is 44.3 Å². The Bertz CT molecular complexity index is 494. The molecule has 1 unspecified atom stereocenters. The molecule has 102 valence electrons. The minimum atomic E-state index is -0.652. The minimum absolute atomic E-state index is 0.0763. The minimum Gasteiger partial charge on any atom is -0.389 e. The Labute approximate surface area is 113 Å². The standard InChI is InChI=1S/C14H18N2O3/c1-10(17)13-5-4-11(7-15)6-14(13)16(2)8-12(18)9-19-3/h4-6,12,18H,8-9H2,1-3H3. The van der Waals surface area contributed by atoms with Crippen LogP contribution in [0.2, 0.25) is 0 Å². The summed E-state index contributed by atoms with van der Waals surface area (Å²) in [6.45, 7) is 2.02. The fourth-order valence-corrected chi connectivity index (χ4v) is 1.87. The van der Waals surface area contributed by atoms with E-state index in [1.54, 1.807) is 30.1 Å². The van der Waals surface area contributed by atoms with Gasteiger partial charge in [0, 0.05) is 32.0 Å². The number of Topliss-reactive ketones (excluding diaryl/α,β-unsaturated/α-hetero) is 1. The number of methoxy groups -OCH3 is 1. The molecule has 0 fully saturated rings. The number of nitrogens with zero attached hydrogens (tertiary/aromatic N) is 2. The second-order valence-corrected chi connectivity index (χ2v) is 4.39. The number of ketones is 1. The molecule has 0 amide bonds. The Morgan fingerprint density at radius 2 is 2.26 bits per heavy atom. The highest BCUT2D eigenvalue weighted by Crippen LogP contribution is 2.22. The fourth-order valence-electron chi connectivity index (χ4n) is 1.87. The predicted molar refractivity (Wildman–Crippen MR) is 72.3 cm³/mol. The Morgan fingerprint density at radius 3 is 2.79 bits per heavy atom. The molecule has 0 saturated heterocycles. The van der Waals surface area contributed by atoms with Gasteiger partial charge in [-0.25, -0.2) is 0 Å². The maximum atomic E-state index is 11.6. The van der Waals surface area contributed by atoms with Crippen LogP contribution in [0.1, 0.15) is 22.8 Å². The van der Waals surface area contributed by atoms with Crippen LogP contribution in [0.4, 0.5) is 5.69 Å². The summed E-state index contributed by atoms with van der Waals surface area (Å²) in [5, 5.41) is 18.6. The highest BCUT2D eigenvalue weighted by molar-refractivity contribution is 6.00. The second-order valence-electron chi connectivity index (χ2n) is 4.39. The normalized spacial score (nSPS) is 11.7. The average Bonchev–Trinajstić information content (AvgIpc) is 2.37.